The monoisotopic (exact) mass is 290 g/mol. The number of carbonyl (C=O) groups excluding carboxylic acids is 1. The van der Waals surface area contributed by atoms with Gasteiger partial charge in [0.1, 0.15) is 4.90 Å². The lowest BCUT2D eigenvalue weighted by Gasteiger charge is -2.10. The molecule has 3 N–H and O–H groups in total. The largest absolute Gasteiger partial charge is 0.398 e. The van der Waals surface area contributed by atoms with Crippen LogP contribution in [-0.4, -0.2) is 14.2 Å². The van der Waals surface area contributed by atoms with Crippen molar-refractivity contribution in [3.05, 3.63) is 54.1 Å². The maximum absolute atomic E-state index is 12.2. The SMILES string of the molecule is CC(=O)c1ccc(NS(=O)(=O)c2ccccc2N)cc1. The summed E-state index contributed by atoms with van der Waals surface area (Å²) in [5, 5.41) is 0. The molecule has 0 radical (unpaired) electrons. The molecule has 0 aliphatic carbocycles. The van der Waals surface area contributed by atoms with Crippen molar-refractivity contribution in [2.75, 3.05) is 10.5 Å². The molecule has 0 unspecified atom stereocenters. The normalized spacial score (nSPS) is 11.1. The highest BCUT2D eigenvalue weighted by atomic mass is 32.2. The number of anilines is 2. The Labute approximate surface area is 117 Å². The number of nitrogens with two attached hydrogens (primary N) is 1. The minimum Gasteiger partial charge on any atom is -0.398 e. The maximum atomic E-state index is 12.2. The Morgan fingerprint density at radius 2 is 1.65 bits per heavy atom. The van der Waals surface area contributed by atoms with Crippen molar-refractivity contribution in [1.29, 1.82) is 0 Å². The second-order valence-electron chi connectivity index (χ2n) is 4.28. The number of benzene rings is 2. The summed E-state index contributed by atoms with van der Waals surface area (Å²) >= 11 is 0. The molecule has 0 saturated heterocycles. The van der Waals surface area contributed by atoms with Crippen LogP contribution >= 0.6 is 0 Å². The van der Waals surface area contributed by atoms with Gasteiger partial charge in [0, 0.05) is 11.3 Å². The van der Waals surface area contributed by atoms with Crippen LogP contribution in [0.3, 0.4) is 0 Å². The Bertz CT molecular complexity index is 737. The molecule has 2 rings (SSSR count). The summed E-state index contributed by atoms with van der Waals surface area (Å²) in [4.78, 5) is 11.2. The Balaban J connectivity index is 2.29. The number of para-hydroxylation sites is 1. The van der Waals surface area contributed by atoms with Gasteiger partial charge in [-0.15, -0.1) is 0 Å². The predicted molar refractivity (Wildman–Crippen MR) is 78.1 cm³/mol. The van der Waals surface area contributed by atoms with Crippen LogP contribution in [0.4, 0.5) is 11.4 Å². The van der Waals surface area contributed by atoms with Gasteiger partial charge in [0.25, 0.3) is 10.0 Å². The van der Waals surface area contributed by atoms with Gasteiger partial charge in [-0.2, -0.15) is 0 Å². The van der Waals surface area contributed by atoms with E-state index >= 15 is 0 Å². The quantitative estimate of drug-likeness (QED) is 0.667. The Morgan fingerprint density at radius 1 is 1.05 bits per heavy atom. The van der Waals surface area contributed by atoms with Crippen LogP contribution in [0.15, 0.2) is 53.4 Å². The van der Waals surface area contributed by atoms with E-state index in [1.807, 2.05) is 0 Å². The van der Waals surface area contributed by atoms with E-state index in [2.05, 4.69) is 4.72 Å². The lowest BCUT2D eigenvalue weighted by atomic mass is 10.1. The van der Waals surface area contributed by atoms with E-state index < -0.39 is 10.0 Å². The first-order valence-electron chi connectivity index (χ1n) is 5.88. The molecule has 0 fully saturated rings. The van der Waals surface area contributed by atoms with Gasteiger partial charge in [-0.1, -0.05) is 12.1 Å². The van der Waals surface area contributed by atoms with E-state index in [4.69, 9.17) is 5.73 Å². The zero-order valence-electron chi connectivity index (χ0n) is 10.8. The van der Waals surface area contributed by atoms with Crippen LogP contribution in [0.25, 0.3) is 0 Å². The second-order valence-corrected chi connectivity index (χ2v) is 5.93. The summed E-state index contributed by atoms with van der Waals surface area (Å²) in [6.45, 7) is 1.45. The summed E-state index contributed by atoms with van der Waals surface area (Å²) in [5.41, 5.74) is 6.74. The van der Waals surface area contributed by atoms with Gasteiger partial charge in [-0.25, -0.2) is 8.42 Å². The zero-order chi connectivity index (χ0) is 14.8. The van der Waals surface area contributed by atoms with Crippen LogP contribution in [0.1, 0.15) is 17.3 Å². The molecule has 0 bridgehead atoms. The number of sulfonamides is 1. The van der Waals surface area contributed by atoms with Crippen molar-refractivity contribution >= 4 is 27.2 Å². The Hall–Kier alpha value is -2.34. The molecule has 104 valence electrons. The van der Waals surface area contributed by atoms with Gasteiger partial charge in [0.2, 0.25) is 0 Å². The molecule has 0 atom stereocenters. The number of ketones is 1. The number of rotatable bonds is 4. The summed E-state index contributed by atoms with van der Waals surface area (Å²) < 4.78 is 26.8. The Morgan fingerprint density at radius 3 is 2.20 bits per heavy atom. The van der Waals surface area contributed by atoms with Gasteiger partial charge in [0.15, 0.2) is 5.78 Å². The molecule has 0 aliphatic rings. The number of nitrogens with one attached hydrogen (secondary N) is 1. The molecule has 0 amide bonds. The minimum atomic E-state index is -3.74. The van der Waals surface area contributed by atoms with Gasteiger partial charge >= 0.3 is 0 Å². The van der Waals surface area contributed by atoms with Crippen LogP contribution < -0.4 is 10.5 Å². The van der Waals surface area contributed by atoms with E-state index in [1.165, 1.54) is 31.2 Å². The number of nitrogen functional groups attached to an aromatic ring is 1. The standard InChI is InChI=1S/C14H14N2O3S/c1-10(17)11-6-8-12(9-7-11)16-20(18,19)14-5-3-2-4-13(14)15/h2-9,16H,15H2,1H3. The molecule has 2 aromatic rings. The average Bonchev–Trinajstić information content (AvgIpc) is 2.39. The molecule has 20 heavy (non-hydrogen) atoms. The average molecular weight is 290 g/mol. The van der Waals surface area contributed by atoms with E-state index in [0.717, 1.165) is 0 Å². The van der Waals surface area contributed by atoms with Crippen molar-refractivity contribution in [2.24, 2.45) is 0 Å². The Kier molecular flexibility index (Phi) is 3.76. The first-order chi connectivity index (χ1) is 9.40. The molecule has 0 spiro atoms. The third-order valence-electron chi connectivity index (χ3n) is 2.75. The van der Waals surface area contributed by atoms with Gasteiger partial charge in [-0.05, 0) is 43.3 Å². The highest BCUT2D eigenvalue weighted by Crippen LogP contribution is 2.21. The third kappa shape index (κ3) is 2.97. The second kappa shape index (κ2) is 5.34. The van der Waals surface area contributed by atoms with Crippen molar-refractivity contribution < 1.29 is 13.2 Å². The van der Waals surface area contributed by atoms with Crippen molar-refractivity contribution in [2.45, 2.75) is 11.8 Å². The van der Waals surface area contributed by atoms with Crippen LogP contribution in [-0.2, 0) is 10.0 Å². The highest BCUT2D eigenvalue weighted by Gasteiger charge is 2.16. The number of hydrogen-bond donors (Lipinski definition) is 2. The van der Waals surface area contributed by atoms with Crippen molar-refractivity contribution in [3.63, 3.8) is 0 Å². The smallest absolute Gasteiger partial charge is 0.263 e. The van der Waals surface area contributed by atoms with Gasteiger partial charge < -0.3 is 5.73 Å². The van der Waals surface area contributed by atoms with E-state index in [9.17, 15) is 13.2 Å². The lowest BCUT2D eigenvalue weighted by Crippen LogP contribution is -2.14. The minimum absolute atomic E-state index is 0.0237. The molecule has 0 aromatic heterocycles. The fourth-order valence-electron chi connectivity index (χ4n) is 1.71. The first kappa shape index (κ1) is 14.1. The van der Waals surface area contributed by atoms with E-state index in [0.29, 0.717) is 11.3 Å². The fraction of sp³-hybridized carbons (Fsp3) is 0.0714. The predicted octanol–water partition coefficient (Wildman–Crippen LogP) is 2.27. The molecule has 0 heterocycles. The molecule has 0 saturated carbocycles. The molecule has 5 nitrogen and oxygen atoms in total. The summed E-state index contributed by atoms with van der Waals surface area (Å²) in [6, 6.07) is 12.4. The number of hydrogen-bond acceptors (Lipinski definition) is 4. The first-order valence-corrected chi connectivity index (χ1v) is 7.37. The molecule has 6 heteroatoms. The molecular formula is C14H14N2O3S. The topological polar surface area (TPSA) is 89.3 Å². The third-order valence-corrected chi connectivity index (χ3v) is 4.21. The summed E-state index contributed by atoms with van der Waals surface area (Å²) in [5.74, 6) is -0.0771. The molecule has 2 aromatic carbocycles. The summed E-state index contributed by atoms with van der Waals surface area (Å²) in [6.07, 6.45) is 0. The maximum Gasteiger partial charge on any atom is 0.263 e. The lowest BCUT2D eigenvalue weighted by molar-refractivity contribution is 0.101. The van der Waals surface area contributed by atoms with E-state index in [1.54, 1.807) is 24.3 Å². The van der Waals surface area contributed by atoms with Crippen LogP contribution in [0.5, 0.6) is 0 Å². The van der Waals surface area contributed by atoms with Crippen molar-refractivity contribution in [3.8, 4) is 0 Å². The van der Waals surface area contributed by atoms with Gasteiger partial charge in [-0.3, -0.25) is 9.52 Å². The van der Waals surface area contributed by atoms with E-state index in [-0.39, 0.29) is 16.4 Å². The van der Waals surface area contributed by atoms with Crippen LogP contribution in [0, 0.1) is 0 Å². The number of Topliss-reactive ketones (excluding diaryl/α,β-unsaturated/α-hetero) is 1. The summed E-state index contributed by atoms with van der Waals surface area (Å²) in [7, 11) is -3.74. The fourth-order valence-corrected chi connectivity index (χ4v) is 2.90. The van der Waals surface area contributed by atoms with Gasteiger partial charge in [0.05, 0.1) is 5.69 Å². The zero-order valence-corrected chi connectivity index (χ0v) is 11.6. The van der Waals surface area contributed by atoms with Crippen molar-refractivity contribution in [1.82, 2.24) is 0 Å². The molecular weight excluding hydrogens is 276 g/mol. The number of carbonyl (C=O) groups is 1. The van der Waals surface area contributed by atoms with Crippen LogP contribution in [0.2, 0.25) is 0 Å². The molecule has 0 aliphatic heterocycles. The highest BCUT2D eigenvalue weighted by molar-refractivity contribution is 7.92.